The van der Waals surface area contributed by atoms with E-state index in [2.05, 4.69) is 131 Å². The predicted octanol–water partition coefficient (Wildman–Crippen LogP) is 12.2. The summed E-state index contributed by atoms with van der Waals surface area (Å²) in [5.41, 5.74) is 5.83. The van der Waals surface area contributed by atoms with Gasteiger partial charge in [0, 0.05) is 38.4 Å². The Balaban J connectivity index is 1.27. The second-order valence-corrected chi connectivity index (χ2v) is 15.8. The number of thiophene rings is 1. The Morgan fingerprint density at radius 3 is 2.04 bits per heavy atom. The number of hydrogen-bond donors (Lipinski definition) is 0. The molecule has 0 saturated heterocycles. The highest BCUT2D eigenvalue weighted by Gasteiger charge is 2.22. The first-order valence-electron chi connectivity index (χ1n) is 18.7. The molecule has 51 heavy (non-hydrogen) atoms. The van der Waals surface area contributed by atoms with Crippen LogP contribution in [0.15, 0.2) is 89.0 Å². The van der Waals surface area contributed by atoms with Gasteiger partial charge in [0.05, 0.1) is 5.69 Å². The van der Waals surface area contributed by atoms with E-state index in [0.29, 0.717) is 0 Å². The maximum Gasteiger partial charge on any atom is 0.263 e. The van der Waals surface area contributed by atoms with Gasteiger partial charge in [0.1, 0.15) is 0 Å². The molecule has 8 aromatic rings. The van der Waals surface area contributed by atoms with Crippen molar-refractivity contribution in [3.63, 3.8) is 0 Å². The van der Waals surface area contributed by atoms with Crippen LogP contribution in [-0.2, 0) is 12.8 Å². The van der Waals surface area contributed by atoms with Crippen molar-refractivity contribution < 1.29 is 0 Å². The van der Waals surface area contributed by atoms with Crippen LogP contribution in [0.5, 0.6) is 0 Å². The molecule has 2 nitrogen and oxygen atoms in total. The lowest BCUT2D eigenvalue weighted by molar-refractivity contribution is 0.667. The lowest BCUT2D eigenvalue weighted by Gasteiger charge is -2.23. The molecular weight excluding hydrogens is 639 g/mol. The van der Waals surface area contributed by atoms with E-state index in [1.807, 2.05) is 22.0 Å². The van der Waals surface area contributed by atoms with Gasteiger partial charge in [0.25, 0.3) is 5.56 Å². The fourth-order valence-electron chi connectivity index (χ4n) is 8.33. The van der Waals surface area contributed by atoms with Gasteiger partial charge in [-0.2, -0.15) is 0 Å². The van der Waals surface area contributed by atoms with Gasteiger partial charge in [0.15, 0.2) is 0 Å². The first-order chi connectivity index (χ1) is 24.8. The van der Waals surface area contributed by atoms with Gasteiger partial charge < -0.3 is 0 Å². The number of benzene rings is 6. The third-order valence-corrected chi connectivity index (χ3v) is 11.9. The summed E-state index contributed by atoms with van der Waals surface area (Å²) in [6.07, 6.45) is 7.11. The summed E-state index contributed by atoms with van der Waals surface area (Å²) < 4.78 is 1.90. The fourth-order valence-corrected chi connectivity index (χ4v) is 9.19. The molecule has 0 amide bonds. The number of aryl methyl sites for hydroxylation is 1. The highest BCUT2D eigenvalue weighted by molar-refractivity contribution is 7.10. The first kappa shape index (κ1) is 33.2. The van der Waals surface area contributed by atoms with Crippen LogP contribution in [0.2, 0.25) is 0 Å². The molecule has 0 unspecified atom stereocenters. The molecule has 6 aromatic carbocycles. The Labute approximate surface area is 304 Å². The molecule has 0 saturated carbocycles. The summed E-state index contributed by atoms with van der Waals surface area (Å²) in [7, 11) is 0. The molecule has 254 valence electrons. The zero-order valence-electron chi connectivity index (χ0n) is 30.5. The SMILES string of the molecule is C=c1c2ccc3c4ccc(C#CCc5cc(CCCCCC)cs5)c5cccc(c6ccc(c(=O)n1-c1c(C(C)C)cccc1C(C)C)c2c36)c54. The highest BCUT2D eigenvalue weighted by Crippen LogP contribution is 2.43. The maximum absolute atomic E-state index is 14.7. The summed E-state index contributed by atoms with van der Waals surface area (Å²) in [4.78, 5) is 16.0. The Morgan fingerprint density at radius 2 is 1.31 bits per heavy atom. The Morgan fingerprint density at radius 1 is 0.706 bits per heavy atom. The van der Waals surface area contributed by atoms with E-state index in [-0.39, 0.29) is 17.4 Å². The van der Waals surface area contributed by atoms with Crippen LogP contribution < -0.4 is 10.9 Å². The summed E-state index contributed by atoms with van der Waals surface area (Å²) >= 11 is 1.83. The first-order valence-corrected chi connectivity index (χ1v) is 19.5. The lowest BCUT2D eigenvalue weighted by atomic mass is 9.86. The van der Waals surface area contributed by atoms with E-state index in [1.165, 1.54) is 86.0 Å². The zero-order chi connectivity index (χ0) is 35.4. The zero-order valence-corrected chi connectivity index (χ0v) is 31.3. The smallest absolute Gasteiger partial charge is 0.263 e. The molecule has 2 heterocycles. The van der Waals surface area contributed by atoms with Crippen molar-refractivity contribution in [2.24, 2.45) is 0 Å². The molecule has 0 radical (unpaired) electrons. The number of pyridine rings is 1. The molecule has 0 fully saturated rings. The van der Waals surface area contributed by atoms with E-state index in [1.54, 1.807) is 0 Å². The molecule has 0 N–H and O–H groups in total. The van der Waals surface area contributed by atoms with Gasteiger partial charge in [0.2, 0.25) is 0 Å². The lowest BCUT2D eigenvalue weighted by Crippen LogP contribution is -2.33. The Hall–Kier alpha value is -4.91. The molecular formula is C48H45NOS. The summed E-state index contributed by atoms with van der Waals surface area (Å²) in [5, 5.41) is 14.1. The number of nitrogens with zero attached hydrogens (tertiary/aromatic N) is 1. The molecule has 0 aliphatic rings. The average molecular weight is 684 g/mol. The van der Waals surface area contributed by atoms with Crippen molar-refractivity contribution in [1.82, 2.24) is 4.57 Å². The molecule has 3 heteroatoms. The quantitative estimate of drug-likeness (QED) is 0.0642. The van der Waals surface area contributed by atoms with Crippen molar-refractivity contribution in [3.8, 4) is 17.5 Å². The summed E-state index contributed by atoms with van der Waals surface area (Å²) in [5.74, 6) is 7.57. The normalized spacial score (nSPS) is 12.1. The average Bonchev–Trinajstić information content (AvgIpc) is 3.59. The minimum atomic E-state index is -0.00446. The monoisotopic (exact) mass is 683 g/mol. The third kappa shape index (κ3) is 5.53. The largest absolute Gasteiger partial charge is 0.276 e. The van der Waals surface area contributed by atoms with Gasteiger partial charge in [-0.25, -0.2) is 0 Å². The Kier molecular flexibility index (Phi) is 8.69. The number of fused-ring (bicyclic) bond motifs is 2. The van der Waals surface area contributed by atoms with E-state index in [4.69, 9.17) is 0 Å². The standard InChI is InChI=1S/C48H45NOS/c1-7-8-9-10-14-32-27-34(51-28-32)16-11-15-33-21-22-40-42-24-23-37-31(6)49(47-35(29(2)3)17-12-18-36(47)30(4)5)48(50)43-26-25-41(46(42)45(37)43)39-20-13-19-38(33)44(39)40/h12-13,17-30H,6-10,14,16H2,1-5H3. The van der Waals surface area contributed by atoms with Crippen molar-refractivity contribution >= 4 is 71.8 Å². The minimum absolute atomic E-state index is 0.00446. The molecule has 0 spiro atoms. The topological polar surface area (TPSA) is 22.0 Å². The molecule has 0 aliphatic carbocycles. The van der Waals surface area contributed by atoms with Gasteiger partial charge in [-0.05, 0) is 103 Å². The number of rotatable bonds is 9. The summed E-state index contributed by atoms with van der Waals surface area (Å²) in [6.45, 7) is 15.7. The second kappa shape index (κ2) is 13.3. The Bertz CT molecular complexity index is 2660. The fraction of sp³-hybridized carbons (Fsp3) is 0.271. The predicted molar refractivity (Wildman–Crippen MR) is 222 cm³/mol. The van der Waals surface area contributed by atoms with Crippen LogP contribution in [0.25, 0.3) is 66.1 Å². The van der Waals surface area contributed by atoms with Crippen LogP contribution in [0.1, 0.15) is 99.3 Å². The van der Waals surface area contributed by atoms with Crippen molar-refractivity contribution in [2.75, 3.05) is 0 Å². The van der Waals surface area contributed by atoms with Crippen LogP contribution in [0.3, 0.4) is 0 Å². The summed E-state index contributed by atoms with van der Waals surface area (Å²) in [6, 6.07) is 28.4. The van der Waals surface area contributed by atoms with E-state index in [9.17, 15) is 4.79 Å². The van der Waals surface area contributed by atoms with Crippen molar-refractivity contribution in [1.29, 1.82) is 0 Å². The number of hydrogen-bond acceptors (Lipinski definition) is 2. The maximum atomic E-state index is 14.7. The van der Waals surface area contributed by atoms with Crippen LogP contribution in [0.4, 0.5) is 0 Å². The molecule has 0 bridgehead atoms. The van der Waals surface area contributed by atoms with Crippen LogP contribution >= 0.6 is 11.3 Å². The number of para-hydroxylation sites is 1. The van der Waals surface area contributed by atoms with E-state index in [0.717, 1.165) is 44.6 Å². The van der Waals surface area contributed by atoms with Gasteiger partial charge in [-0.15, -0.1) is 11.3 Å². The molecule has 2 aromatic heterocycles. The molecule has 8 rings (SSSR count). The van der Waals surface area contributed by atoms with Gasteiger partial charge in [-0.3, -0.25) is 9.36 Å². The molecule has 0 aliphatic heterocycles. The second-order valence-electron chi connectivity index (χ2n) is 14.9. The van der Waals surface area contributed by atoms with Crippen LogP contribution in [-0.4, -0.2) is 4.57 Å². The third-order valence-electron chi connectivity index (χ3n) is 10.9. The number of unbranched alkanes of at least 4 members (excludes halogenated alkanes) is 3. The van der Waals surface area contributed by atoms with E-state index < -0.39 is 0 Å². The van der Waals surface area contributed by atoms with E-state index >= 15 is 0 Å². The van der Waals surface area contributed by atoms with Gasteiger partial charge in [-0.1, -0.05) is 133 Å². The van der Waals surface area contributed by atoms with Gasteiger partial charge >= 0.3 is 0 Å². The molecule has 0 atom stereocenters. The minimum Gasteiger partial charge on any atom is -0.276 e. The highest BCUT2D eigenvalue weighted by atomic mass is 32.1. The number of aromatic nitrogens is 1. The van der Waals surface area contributed by atoms with Crippen LogP contribution in [0, 0.1) is 11.8 Å². The van der Waals surface area contributed by atoms with Crippen molar-refractivity contribution in [2.45, 2.75) is 85.0 Å². The van der Waals surface area contributed by atoms with Crippen molar-refractivity contribution in [3.05, 3.63) is 127 Å².